The fraction of sp³-hybridized carbons (Fsp3) is 1.00. The van der Waals surface area contributed by atoms with Crippen molar-refractivity contribution in [3.8, 4) is 0 Å². The summed E-state index contributed by atoms with van der Waals surface area (Å²) in [5.74, 6) is 1.35. The molecule has 0 aliphatic heterocycles. The van der Waals surface area contributed by atoms with Crippen LogP contribution in [0.2, 0.25) is 0 Å². The van der Waals surface area contributed by atoms with E-state index in [2.05, 4.69) is 20.8 Å². The number of rotatable bonds is 5. The second-order valence-corrected chi connectivity index (χ2v) is 3.74. The maximum absolute atomic E-state index is 5.65. The van der Waals surface area contributed by atoms with E-state index < -0.39 is 0 Å². The number of hydrogen-bond donors (Lipinski definition) is 2. The van der Waals surface area contributed by atoms with Crippen molar-refractivity contribution in [2.45, 2.75) is 39.7 Å². The van der Waals surface area contributed by atoms with Gasteiger partial charge < -0.3 is 11.5 Å². The minimum absolute atomic E-state index is 0.336. The van der Waals surface area contributed by atoms with Gasteiger partial charge in [-0.1, -0.05) is 13.8 Å². The summed E-state index contributed by atoms with van der Waals surface area (Å²) in [5.41, 5.74) is 11.2. The smallest absolute Gasteiger partial charge is 0.00105 e. The van der Waals surface area contributed by atoms with E-state index in [1.54, 1.807) is 0 Å². The molecule has 0 rings (SSSR count). The summed E-state index contributed by atoms with van der Waals surface area (Å²) in [6.07, 6.45) is 2.32. The van der Waals surface area contributed by atoms with Gasteiger partial charge in [-0.2, -0.15) is 0 Å². The van der Waals surface area contributed by atoms with E-state index in [0.717, 1.165) is 13.0 Å². The molecule has 0 spiro atoms. The Morgan fingerprint density at radius 1 is 1.00 bits per heavy atom. The lowest BCUT2D eigenvalue weighted by Gasteiger charge is -2.18. The van der Waals surface area contributed by atoms with Crippen molar-refractivity contribution in [2.24, 2.45) is 23.3 Å². The van der Waals surface area contributed by atoms with Crippen LogP contribution in [0.3, 0.4) is 0 Å². The molecule has 68 valence electrons. The first-order chi connectivity index (χ1) is 5.07. The molecule has 3 atom stereocenters. The lowest BCUT2D eigenvalue weighted by atomic mass is 9.90. The highest BCUT2D eigenvalue weighted by molar-refractivity contribution is 4.64. The standard InChI is InChI=1S/C9H22N2/c1-7(8(2)6-10)4-5-9(3)11/h7-9H,4-6,10-11H2,1-3H3. The van der Waals surface area contributed by atoms with E-state index >= 15 is 0 Å². The van der Waals surface area contributed by atoms with Gasteiger partial charge in [0, 0.05) is 6.04 Å². The summed E-state index contributed by atoms with van der Waals surface area (Å²) < 4.78 is 0. The maximum Gasteiger partial charge on any atom is 0.00105 e. The van der Waals surface area contributed by atoms with Crippen LogP contribution in [0.25, 0.3) is 0 Å². The summed E-state index contributed by atoms with van der Waals surface area (Å²) in [7, 11) is 0. The van der Waals surface area contributed by atoms with E-state index in [9.17, 15) is 0 Å². The van der Waals surface area contributed by atoms with Crippen LogP contribution in [-0.2, 0) is 0 Å². The van der Waals surface area contributed by atoms with Crippen LogP contribution >= 0.6 is 0 Å². The highest BCUT2D eigenvalue weighted by atomic mass is 14.6. The summed E-state index contributed by atoms with van der Waals surface area (Å²) in [6, 6.07) is 0.336. The minimum Gasteiger partial charge on any atom is -0.330 e. The lowest BCUT2D eigenvalue weighted by molar-refractivity contribution is 0.354. The van der Waals surface area contributed by atoms with Gasteiger partial charge in [0.05, 0.1) is 0 Å². The Morgan fingerprint density at radius 3 is 1.91 bits per heavy atom. The monoisotopic (exact) mass is 158 g/mol. The molecule has 0 heterocycles. The lowest BCUT2D eigenvalue weighted by Crippen LogP contribution is -2.21. The topological polar surface area (TPSA) is 52.0 Å². The van der Waals surface area contributed by atoms with Gasteiger partial charge in [-0.3, -0.25) is 0 Å². The van der Waals surface area contributed by atoms with Gasteiger partial charge in [0.1, 0.15) is 0 Å². The number of hydrogen-bond acceptors (Lipinski definition) is 2. The molecule has 2 heteroatoms. The van der Waals surface area contributed by atoms with Crippen LogP contribution in [0.5, 0.6) is 0 Å². The van der Waals surface area contributed by atoms with E-state index in [4.69, 9.17) is 11.5 Å². The molecule has 11 heavy (non-hydrogen) atoms. The van der Waals surface area contributed by atoms with Gasteiger partial charge in [0.2, 0.25) is 0 Å². The normalized spacial score (nSPS) is 19.4. The summed E-state index contributed by atoms with van der Waals surface area (Å²) >= 11 is 0. The molecule has 4 N–H and O–H groups in total. The molecule has 3 unspecified atom stereocenters. The van der Waals surface area contributed by atoms with Crippen molar-refractivity contribution in [1.29, 1.82) is 0 Å². The molecule has 0 amide bonds. The van der Waals surface area contributed by atoms with Gasteiger partial charge in [-0.25, -0.2) is 0 Å². The van der Waals surface area contributed by atoms with Crippen LogP contribution in [0, 0.1) is 11.8 Å². The summed E-state index contributed by atoms with van der Waals surface area (Å²) in [6.45, 7) is 7.30. The second-order valence-electron chi connectivity index (χ2n) is 3.74. The van der Waals surface area contributed by atoms with Crippen LogP contribution in [0.4, 0.5) is 0 Å². The minimum atomic E-state index is 0.336. The van der Waals surface area contributed by atoms with Gasteiger partial charge in [0.25, 0.3) is 0 Å². The fourth-order valence-corrected chi connectivity index (χ4v) is 1.04. The quantitative estimate of drug-likeness (QED) is 0.634. The Labute approximate surface area is 70.3 Å². The Hall–Kier alpha value is -0.0800. The molecular weight excluding hydrogens is 136 g/mol. The first-order valence-electron chi connectivity index (χ1n) is 4.53. The van der Waals surface area contributed by atoms with E-state index in [-0.39, 0.29) is 0 Å². The molecule has 0 saturated carbocycles. The van der Waals surface area contributed by atoms with E-state index in [1.165, 1.54) is 6.42 Å². The Bertz CT molecular complexity index is 91.6. The van der Waals surface area contributed by atoms with Crippen molar-refractivity contribution < 1.29 is 0 Å². The average Bonchev–Trinajstić information content (AvgIpc) is 1.98. The van der Waals surface area contributed by atoms with Crippen molar-refractivity contribution in [3.63, 3.8) is 0 Å². The Kier molecular flexibility index (Phi) is 5.51. The molecule has 0 aromatic carbocycles. The second kappa shape index (κ2) is 5.56. The van der Waals surface area contributed by atoms with Gasteiger partial charge in [-0.05, 0) is 38.1 Å². The maximum atomic E-state index is 5.65. The SMILES string of the molecule is CC(N)CCC(C)C(C)CN. The third-order valence-electron chi connectivity index (χ3n) is 2.42. The highest BCUT2D eigenvalue weighted by Gasteiger charge is 2.10. The third kappa shape index (κ3) is 5.22. The van der Waals surface area contributed by atoms with Crippen LogP contribution in [-0.4, -0.2) is 12.6 Å². The molecule has 2 nitrogen and oxygen atoms in total. The molecule has 0 aliphatic carbocycles. The zero-order valence-electron chi connectivity index (χ0n) is 8.01. The van der Waals surface area contributed by atoms with Crippen LogP contribution in [0.15, 0.2) is 0 Å². The highest BCUT2D eigenvalue weighted by Crippen LogP contribution is 2.15. The van der Waals surface area contributed by atoms with E-state index in [0.29, 0.717) is 17.9 Å². The predicted molar refractivity (Wildman–Crippen MR) is 50.3 cm³/mol. The van der Waals surface area contributed by atoms with Crippen molar-refractivity contribution in [2.75, 3.05) is 6.54 Å². The molecule has 0 saturated heterocycles. The first kappa shape index (κ1) is 10.9. The van der Waals surface area contributed by atoms with E-state index in [1.807, 2.05) is 0 Å². The zero-order valence-corrected chi connectivity index (χ0v) is 8.01. The van der Waals surface area contributed by atoms with Crippen LogP contribution in [0.1, 0.15) is 33.6 Å². The molecule has 0 aliphatic rings. The first-order valence-corrected chi connectivity index (χ1v) is 4.53. The molecular formula is C9H22N2. The number of nitrogens with two attached hydrogens (primary N) is 2. The largest absolute Gasteiger partial charge is 0.330 e. The van der Waals surface area contributed by atoms with Crippen molar-refractivity contribution in [1.82, 2.24) is 0 Å². The Morgan fingerprint density at radius 2 is 1.55 bits per heavy atom. The van der Waals surface area contributed by atoms with Gasteiger partial charge in [-0.15, -0.1) is 0 Å². The molecule has 0 radical (unpaired) electrons. The predicted octanol–water partition coefficient (Wildman–Crippen LogP) is 1.34. The average molecular weight is 158 g/mol. The third-order valence-corrected chi connectivity index (χ3v) is 2.42. The van der Waals surface area contributed by atoms with Crippen LogP contribution < -0.4 is 11.5 Å². The Balaban J connectivity index is 3.43. The van der Waals surface area contributed by atoms with Crippen molar-refractivity contribution >= 4 is 0 Å². The summed E-state index contributed by atoms with van der Waals surface area (Å²) in [4.78, 5) is 0. The molecule has 0 aromatic rings. The summed E-state index contributed by atoms with van der Waals surface area (Å²) in [5, 5.41) is 0. The van der Waals surface area contributed by atoms with Crippen molar-refractivity contribution in [3.05, 3.63) is 0 Å². The molecule has 0 fully saturated rings. The fourth-order valence-electron chi connectivity index (χ4n) is 1.04. The van der Waals surface area contributed by atoms with Gasteiger partial charge >= 0.3 is 0 Å². The zero-order chi connectivity index (χ0) is 8.85. The van der Waals surface area contributed by atoms with Gasteiger partial charge in [0.15, 0.2) is 0 Å². The molecule has 0 bridgehead atoms. The molecule has 0 aromatic heterocycles.